The molecule has 0 saturated carbocycles. The molecule has 0 saturated heterocycles. The summed E-state index contributed by atoms with van der Waals surface area (Å²) in [4.78, 5) is 36.4. The zero-order chi connectivity index (χ0) is 39.6. The lowest BCUT2D eigenvalue weighted by molar-refractivity contribution is -0.150. The third kappa shape index (κ3) is 38.6. The van der Waals surface area contributed by atoms with E-state index in [-0.39, 0.29) is 18.0 Å². The van der Waals surface area contributed by atoms with Gasteiger partial charge < -0.3 is 20.9 Å². The Hall–Kier alpha value is -1.63. The Balaban J connectivity index is 4.27. The molecule has 2 atom stereocenters. The van der Waals surface area contributed by atoms with Gasteiger partial charge in [0.05, 0.1) is 0 Å². The Kier molecular flexibility index (Phi) is 41.2. The fourth-order valence-corrected chi connectivity index (χ4v) is 7.57. The lowest BCUT2D eigenvalue weighted by atomic mass is 10.0. The number of hydrogen-bond acceptors (Lipinski definition) is 5. The summed E-state index contributed by atoms with van der Waals surface area (Å²) in [6.07, 6.45) is 45.8. The number of nitrogens with two attached hydrogens (primary N) is 1. The minimum absolute atomic E-state index is 0.0128. The van der Waals surface area contributed by atoms with E-state index < -0.39 is 12.0 Å². The predicted molar refractivity (Wildman–Crippen MR) is 230 cm³/mol. The van der Waals surface area contributed by atoms with Gasteiger partial charge in [-0.3, -0.25) is 9.59 Å². The molecule has 54 heavy (non-hydrogen) atoms. The molecule has 0 aliphatic rings. The molecule has 0 aromatic rings. The largest absolute Gasteiger partial charge is 0.480 e. The topological polar surface area (TPSA) is 119 Å². The molecule has 0 fully saturated rings. The van der Waals surface area contributed by atoms with Crippen LogP contribution in [0.2, 0.25) is 0 Å². The first-order valence-corrected chi connectivity index (χ1v) is 23.9. The van der Waals surface area contributed by atoms with Crippen LogP contribution in [0.1, 0.15) is 264 Å². The van der Waals surface area contributed by atoms with E-state index in [1.54, 1.807) is 0 Å². The summed E-state index contributed by atoms with van der Waals surface area (Å²) in [6.45, 7) is 4.97. The molecule has 1 amide bonds. The number of ether oxygens (including phenoxy) is 1. The van der Waals surface area contributed by atoms with Crippen molar-refractivity contribution in [2.45, 2.75) is 276 Å². The summed E-state index contributed by atoms with van der Waals surface area (Å²) in [5.74, 6) is -1.21. The van der Waals surface area contributed by atoms with Gasteiger partial charge in [-0.15, -0.1) is 0 Å². The van der Waals surface area contributed by atoms with Gasteiger partial charge in [0.2, 0.25) is 5.91 Å². The number of carbonyl (C=O) groups is 3. The monoisotopic (exact) mass is 765 g/mol. The normalized spacial score (nSPS) is 12.5. The third-order valence-corrected chi connectivity index (χ3v) is 11.2. The molecule has 7 nitrogen and oxygen atoms in total. The number of carboxylic acid groups (broad SMARTS) is 1. The van der Waals surface area contributed by atoms with E-state index in [9.17, 15) is 19.5 Å². The molecule has 0 heterocycles. The van der Waals surface area contributed by atoms with Crippen molar-refractivity contribution < 1.29 is 24.2 Å². The number of unbranched alkanes of at least 4 members (excludes halogenated alkanes) is 30. The maximum atomic E-state index is 12.8. The molecular formula is C47H92N2O5. The minimum Gasteiger partial charge on any atom is -0.480 e. The molecule has 0 rings (SSSR count). The molecule has 0 radical (unpaired) electrons. The standard InChI is InChI=1S/C47H92N2O5/c1-3-5-7-9-11-13-15-17-18-20-21-23-25-28-32-37-43(38-33-29-27-30-34-40-45(50)49-44(47(52)53)39-36-42-48)54-46(51)41-35-31-26-24-22-19-16-14-12-10-8-6-4-2/h43-44H,3-42,48H2,1-2H3,(H,49,50)(H,52,53). The lowest BCUT2D eigenvalue weighted by Gasteiger charge is -2.18. The second kappa shape index (κ2) is 42.5. The number of carbonyl (C=O) groups excluding carboxylic acids is 2. The molecule has 320 valence electrons. The fourth-order valence-electron chi connectivity index (χ4n) is 7.57. The molecule has 0 spiro atoms. The van der Waals surface area contributed by atoms with Gasteiger partial charge in [0, 0.05) is 12.8 Å². The summed E-state index contributed by atoms with van der Waals surface area (Å²) in [5, 5.41) is 12.0. The molecule has 2 unspecified atom stereocenters. The maximum Gasteiger partial charge on any atom is 0.326 e. The molecule has 0 aromatic heterocycles. The van der Waals surface area contributed by atoms with Gasteiger partial charge in [-0.05, 0) is 57.9 Å². The summed E-state index contributed by atoms with van der Waals surface area (Å²) < 4.78 is 6.07. The average Bonchev–Trinajstić information content (AvgIpc) is 3.16. The van der Waals surface area contributed by atoms with E-state index in [2.05, 4.69) is 19.2 Å². The highest BCUT2D eigenvalue weighted by Crippen LogP contribution is 2.20. The summed E-state index contributed by atoms with van der Waals surface area (Å²) in [6, 6.07) is -0.852. The van der Waals surface area contributed by atoms with Crippen molar-refractivity contribution in [3.63, 3.8) is 0 Å². The molecule has 0 aromatic carbocycles. The Morgan fingerprint density at radius 1 is 0.463 bits per heavy atom. The van der Waals surface area contributed by atoms with Crippen molar-refractivity contribution in [1.82, 2.24) is 5.32 Å². The highest BCUT2D eigenvalue weighted by atomic mass is 16.5. The lowest BCUT2D eigenvalue weighted by Crippen LogP contribution is -2.40. The number of esters is 1. The predicted octanol–water partition coefficient (Wildman–Crippen LogP) is 13.7. The number of hydrogen-bond donors (Lipinski definition) is 3. The number of aliphatic carboxylic acids is 1. The van der Waals surface area contributed by atoms with Crippen LogP contribution in [0, 0.1) is 0 Å². The van der Waals surface area contributed by atoms with Gasteiger partial charge >= 0.3 is 11.9 Å². The fraction of sp³-hybridized carbons (Fsp3) is 0.936. The zero-order valence-corrected chi connectivity index (χ0v) is 36.1. The van der Waals surface area contributed by atoms with Crippen molar-refractivity contribution in [1.29, 1.82) is 0 Å². The van der Waals surface area contributed by atoms with Crippen LogP contribution in [0.4, 0.5) is 0 Å². The van der Waals surface area contributed by atoms with Crippen LogP contribution in [0.25, 0.3) is 0 Å². The third-order valence-electron chi connectivity index (χ3n) is 11.2. The van der Waals surface area contributed by atoms with Crippen LogP contribution in [0.5, 0.6) is 0 Å². The SMILES string of the molecule is CCCCCCCCCCCCCCCCCC(CCCCCCCC(=O)NC(CCCN)C(=O)O)OC(=O)CCCCCCCCCCCCCCC. The molecule has 0 bridgehead atoms. The van der Waals surface area contributed by atoms with Crippen LogP contribution in [0.3, 0.4) is 0 Å². The molecule has 7 heteroatoms. The second-order valence-electron chi connectivity index (χ2n) is 16.5. The Labute approximate surface area is 335 Å². The number of amides is 1. The van der Waals surface area contributed by atoms with Gasteiger partial charge in [0.15, 0.2) is 0 Å². The Morgan fingerprint density at radius 2 is 0.796 bits per heavy atom. The number of rotatable bonds is 44. The Morgan fingerprint density at radius 3 is 1.15 bits per heavy atom. The van der Waals surface area contributed by atoms with Crippen LogP contribution >= 0.6 is 0 Å². The number of nitrogens with one attached hydrogen (secondary N) is 1. The first kappa shape index (κ1) is 52.4. The molecule has 0 aliphatic heterocycles. The van der Waals surface area contributed by atoms with Crippen molar-refractivity contribution in [2.75, 3.05) is 6.54 Å². The van der Waals surface area contributed by atoms with Crippen LogP contribution in [0.15, 0.2) is 0 Å². The molecule has 0 aliphatic carbocycles. The van der Waals surface area contributed by atoms with Crippen molar-refractivity contribution in [3.8, 4) is 0 Å². The highest BCUT2D eigenvalue weighted by Gasteiger charge is 2.19. The van der Waals surface area contributed by atoms with E-state index in [1.807, 2.05) is 0 Å². The zero-order valence-electron chi connectivity index (χ0n) is 36.1. The number of carboxylic acids is 1. The van der Waals surface area contributed by atoms with Crippen LogP contribution in [-0.4, -0.2) is 41.6 Å². The van der Waals surface area contributed by atoms with Crippen molar-refractivity contribution >= 4 is 17.8 Å². The maximum absolute atomic E-state index is 12.8. The van der Waals surface area contributed by atoms with Gasteiger partial charge in [-0.1, -0.05) is 200 Å². The van der Waals surface area contributed by atoms with E-state index in [1.165, 1.54) is 161 Å². The van der Waals surface area contributed by atoms with Crippen LogP contribution in [-0.2, 0) is 19.1 Å². The Bertz CT molecular complexity index is 822. The van der Waals surface area contributed by atoms with Crippen LogP contribution < -0.4 is 11.1 Å². The van der Waals surface area contributed by atoms with Gasteiger partial charge in [0.25, 0.3) is 0 Å². The van der Waals surface area contributed by atoms with E-state index >= 15 is 0 Å². The van der Waals surface area contributed by atoms with E-state index in [0.29, 0.717) is 32.2 Å². The first-order valence-electron chi connectivity index (χ1n) is 23.9. The summed E-state index contributed by atoms with van der Waals surface area (Å²) in [7, 11) is 0. The van der Waals surface area contributed by atoms with Gasteiger partial charge in [-0.25, -0.2) is 4.79 Å². The molecular weight excluding hydrogens is 673 g/mol. The van der Waals surface area contributed by atoms with Crippen molar-refractivity contribution in [3.05, 3.63) is 0 Å². The van der Waals surface area contributed by atoms with Gasteiger partial charge in [-0.2, -0.15) is 0 Å². The second-order valence-corrected chi connectivity index (χ2v) is 16.5. The summed E-state index contributed by atoms with van der Waals surface area (Å²) >= 11 is 0. The average molecular weight is 765 g/mol. The van der Waals surface area contributed by atoms with Gasteiger partial charge in [0.1, 0.15) is 12.1 Å². The highest BCUT2D eigenvalue weighted by molar-refractivity contribution is 5.83. The smallest absolute Gasteiger partial charge is 0.326 e. The minimum atomic E-state index is -0.999. The first-order chi connectivity index (χ1) is 26.4. The summed E-state index contributed by atoms with van der Waals surface area (Å²) in [5.41, 5.74) is 5.49. The van der Waals surface area contributed by atoms with E-state index in [4.69, 9.17) is 10.5 Å². The van der Waals surface area contributed by atoms with Crippen molar-refractivity contribution in [2.24, 2.45) is 5.73 Å². The molecule has 4 N–H and O–H groups in total. The van der Waals surface area contributed by atoms with E-state index in [0.717, 1.165) is 64.2 Å². The quantitative estimate of drug-likeness (QED) is 0.0420.